The fourth-order valence-electron chi connectivity index (χ4n) is 1.38. The Bertz CT molecular complexity index is 600. The standard InChI is InChI=1S/C10H5BrClNO3/c11-9-5-2-1-4(12)3-6(5)8(14)7(13-9)10(15)16/h1-3,14H,(H,15,16). The summed E-state index contributed by atoms with van der Waals surface area (Å²) in [6, 6.07) is 4.78. The molecule has 0 amide bonds. The molecule has 0 atom stereocenters. The Morgan fingerprint density at radius 1 is 1.38 bits per heavy atom. The number of benzene rings is 1. The lowest BCUT2D eigenvalue weighted by atomic mass is 10.1. The maximum Gasteiger partial charge on any atom is 0.358 e. The third kappa shape index (κ3) is 1.72. The second-order valence-electron chi connectivity index (χ2n) is 3.09. The number of carboxylic acid groups (broad SMARTS) is 1. The molecule has 1 aromatic carbocycles. The van der Waals surface area contributed by atoms with Crippen molar-refractivity contribution >= 4 is 44.3 Å². The molecule has 0 aliphatic carbocycles. The monoisotopic (exact) mass is 301 g/mol. The number of hydrogen-bond donors (Lipinski definition) is 2. The van der Waals surface area contributed by atoms with Crippen LogP contribution in [0.25, 0.3) is 10.8 Å². The lowest BCUT2D eigenvalue weighted by Gasteiger charge is -2.06. The van der Waals surface area contributed by atoms with Gasteiger partial charge in [0.15, 0.2) is 11.4 Å². The van der Waals surface area contributed by atoms with Crippen LogP contribution < -0.4 is 0 Å². The number of carboxylic acids is 1. The number of aromatic hydroxyl groups is 1. The second-order valence-corrected chi connectivity index (χ2v) is 4.28. The van der Waals surface area contributed by atoms with Gasteiger partial charge < -0.3 is 10.2 Å². The molecule has 16 heavy (non-hydrogen) atoms. The molecule has 0 aliphatic rings. The van der Waals surface area contributed by atoms with E-state index < -0.39 is 11.7 Å². The molecule has 0 spiro atoms. The zero-order valence-corrected chi connectivity index (χ0v) is 10.1. The van der Waals surface area contributed by atoms with Crippen LogP contribution in [0.4, 0.5) is 0 Å². The molecule has 0 unspecified atom stereocenters. The number of aromatic nitrogens is 1. The molecular formula is C10H5BrClNO3. The van der Waals surface area contributed by atoms with Crippen molar-refractivity contribution in [2.75, 3.05) is 0 Å². The van der Waals surface area contributed by atoms with Crippen molar-refractivity contribution in [2.24, 2.45) is 0 Å². The van der Waals surface area contributed by atoms with Crippen molar-refractivity contribution in [1.29, 1.82) is 0 Å². The average Bonchev–Trinajstić information content (AvgIpc) is 2.22. The molecule has 4 nitrogen and oxygen atoms in total. The SMILES string of the molecule is O=C(O)c1nc(Br)c2ccc(Cl)cc2c1O. The van der Waals surface area contributed by atoms with E-state index in [1.54, 1.807) is 12.1 Å². The molecule has 0 aliphatic heterocycles. The summed E-state index contributed by atoms with van der Waals surface area (Å²) >= 11 is 8.93. The summed E-state index contributed by atoms with van der Waals surface area (Å²) in [6.45, 7) is 0. The number of hydrogen-bond acceptors (Lipinski definition) is 3. The molecule has 2 N–H and O–H groups in total. The van der Waals surface area contributed by atoms with Crippen LogP contribution in [0.5, 0.6) is 5.75 Å². The fraction of sp³-hybridized carbons (Fsp3) is 0. The highest BCUT2D eigenvalue weighted by molar-refractivity contribution is 9.10. The third-order valence-electron chi connectivity index (χ3n) is 2.10. The minimum Gasteiger partial charge on any atom is -0.505 e. The summed E-state index contributed by atoms with van der Waals surface area (Å²) in [5.41, 5.74) is -0.401. The van der Waals surface area contributed by atoms with Crippen molar-refractivity contribution in [3.8, 4) is 5.75 Å². The number of nitrogens with zero attached hydrogens (tertiary/aromatic N) is 1. The van der Waals surface area contributed by atoms with Crippen LogP contribution in [0.3, 0.4) is 0 Å². The number of rotatable bonds is 1. The number of fused-ring (bicyclic) bond motifs is 1. The maximum absolute atomic E-state index is 10.8. The minimum atomic E-state index is -1.29. The molecular weight excluding hydrogens is 297 g/mol. The molecule has 6 heteroatoms. The predicted molar refractivity (Wildman–Crippen MR) is 63.1 cm³/mol. The Hall–Kier alpha value is -1.33. The Morgan fingerprint density at radius 2 is 2.06 bits per heavy atom. The maximum atomic E-state index is 10.8. The molecule has 1 heterocycles. The van der Waals surface area contributed by atoms with Crippen molar-refractivity contribution in [1.82, 2.24) is 4.98 Å². The van der Waals surface area contributed by atoms with Gasteiger partial charge >= 0.3 is 5.97 Å². The molecule has 0 saturated heterocycles. The normalized spacial score (nSPS) is 10.6. The summed E-state index contributed by atoms with van der Waals surface area (Å²) in [7, 11) is 0. The van der Waals surface area contributed by atoms with E-state index in [0.717, 1.165) is 0 Å². The van der Waals surface area contributed by atoms with Gasteiger partial charge in [0, 0.05) is 15.8 Å². The van der Waals surface area contributed by atoms with E-state index >= 15 is 0 Å². The van der Waals surface area contributed by atoms with Crippen LogP contribution in [0.2, 0.25) is 5.02 Å². The van der Waals surface area contributed by atoms with E-state index in [9.17, 15) is 9.90 Å². The van der Waals surface area contributed by atoms with Crippen LogP contribution in [0, 0.1) is 0 Å². The lowest BCUT2D eigenvalue weighted by Crippen LogP contribution is -2.01. The summed E-state index contributed by atoms with van der Waals surface area (Å²) in [6.07, 6.45) is 0. The first kappa shape index (κ1) is 11.2. The first-order valence-electron chi connectivity index (χ1n) is 4.21. The molecule has 82 valence electrons. The molecule has 0 bridgehead atoms. The van der Waals surface area contributed by atoms with E-state index in [0.29, 0.717) is 20.4 Å². The zero-order chi connectivity index (χ0) is 11.9. The van der Waals surface area contributed by atoms with E-state index in [4.69, 9.17) is 16.7 Å². The van der Waals surface area contributed by atoms with Crippen molar-refractivity contribution in [3.63, 3.8) is 0 Å². The van der Waals surface area contributed by atoms with Gasteiger partial charge in [-0.05, 0) is 28.1 Å². The van der Waals surface area contributed by atoms with Crippen LogP contribution in [-0.2, 0) is 0 Å². The highest BCUT2D eigenvalue weighted by Crippen LogP contribution is 2.33. The van der Waals surface area contributed by atoms with Crippen molar-refractivity contribution in [2.45, 2.75) is 0 Å². The van der Waals surface area contributed by atoms with Crippen molar-refractivity contribution in [3.05, 3.63) is 33.5 Å². The Morgan fingerprint density at radius 3 is 2.69 bits per heavy atom. The predicted octanol–water partition coefficient (Wildman–Crippen LogP) is 3.05. The van der Waals surface area contributed by atoms with Crippen LogP contribution in [0.15, 0.2) is 22.8 Å². The van der Waals surface area contributed by atoms with Gasteiger partial charge in [-0.3, -0.25) is 0 Å². The Labute approximate surface area is 104 Å². The van der Waals surface area contributed by atoms with Crippen molar-refractivity contribution < 1.29 is 15.0 Å². The number of pyridine rings is 1. The highest BCUT2D eigenvalue weighted by Gasteiger charge is 2.17. The summed E-state index contributed by atoms with van der Waals surface area (Å²) in [4.78, 5) is 14.6. The smallest absolute Gasteiger partial charge is 0.358 e. The first-order chi connectivity index (χ1) is 7.50. The van der Waals surface area contributed by atoms with Gasteiger partial charge in [0.25, 0.3) is 0 Å². The molecule has 2 aromatic rings. The van der Waals surface area contributed by atoms with Crippen LogP contribution in [0.1, 0.15) is 10.5 Å². The summed E-state index contributed by atoms with van der Waals surface area (Å²) < 4.78 is 0.356. The largest absolute Gasteiger partial charge is 0.505 e. The topological polar surface area (TPSA) is 70.4 Å². The van der Waals surface area contributed by atoms with Gasteiger partial charge in [-0.15, -0.1) is 0 Å². The van der Waals surface area contributed by atoms with Gasteiger partial charge in [-0.25, -0.2) is 9.78 Å². The Balaban J connectivity index is 2.91. The van der Waals surface area contributed by atoms with Gasteiger partial charge in [0.05, 0.1) is 0 Å². The molecule has 0 fully saturated rings. The van der Waals surface area contributed by atoms with Gasteiger partial charge in [0.1, 0.15) is 4.60 Å². The molecule has 0 saturated carbocycles. The van der Waals surface area contributed by atoms with Gasteiger partial charge in [-0.1, -0.05) is 17.7 Å². The zero-order valence-electron chi connectivity index (χ0n) is 7.74. The quantitative estimate of drug-likeness (QED) is 0.794. The van der Waals surface area contributed by atoms with Gasteiger partial charge in [0.2, 0.25) is 0 Å². The highest BCUT2D eigenvalue weighted by atomic mass is 79.9. The number of halogens is 2. The minimum absolute atomic E-state index is 0.353. The summed E-state index contributed by atoms with van der Waals surface area (Å²) in [5, 5.41) is 20.0. The third-order valence-corrected chi connectivity index (χ3v) is 2.94. The number of aromatic carboxylic acids is 1. The molecule has 1 aromatic heterocycles. The van der Waals surface area contributed by atoms with Gasteiger partial charge in [-0.2, -0.15) is 0 Å². The average molecular weight is 303 g/mol. The molecule has 0 radical (unpaired) electrons. The van der Waals surface area contributed by atoms with Crippen LogP contribution >= 0.6 is 27.5 Å². The molecule has 2 rings (SSSR count). The Kier molecular flexibility index (Phi) is 2.73. The second kappa shape index (κ2) is 3.92. The van der Waals surface area contributed by atoms with E-state index in [1.165, 1.54) is 6.07 Å². The lowest BCUT2D eigenvalue weighted by molar-refractivity contribution is 0.0687. The fourth-order valence-corrected chi connectivity index (χ4v) is 2.08. The summed E-state index contributed by atoms with van der Waals surface area (Å²) in [5.74, 6) is -1.67. The van der Waals surface area contributed by atoms with E-state index in [1.807, 2.05) is 0 Å². The van der Waals surface area contributed by atoms with E-state index in [-0.39, 0.29) is 5.75 Å². The number of carbonyl (C=O) groups is 1. The van der Waals surface area contributed by atoms with E-state index in [2.05, 4.69) is 20.9 Å². The van der Waals surface area contributed by atoms with Crippen LogP contribution in [-0.4, -0.2) is 21.2 Å². The first-order valence-corrected chi connectivity index (χ1v) is 5.39.